The van der Waals surface area contributed by atoms with Crippen molar-refractivity contribution in [3.05, 3.63) is 29.6 Å². The molecule has 0 aromatic carbocycles. The maximum Gasteiger partial charge on any atom is 0.434 e. The van der Waals surface area contributed by atoms with Gasteiger partial charge in [-0.2, -0.15) is 13.2 Å². The van der Waals surface area contributed by atoms with Gasteiger partial charge in [-0.1, -0.05) is 5.21 Å². The number of halogens is 3. The third-order valence-corrected chi connectivity index (χ3v) is 3.93. The van der Waals surface area contributed by atoms with Crippen molar-refractivity contribution in [2.75, 3.05) is 6.54 Å². The fraction of sp³-hybridized carbons (Fsp3) is 0.615. The van der Waals surface area contributed by atoms with Gasteiger partial charge in [0.25, 0.3) is 0 Å². The van der Waals surface area contributed by atoms with Gasteiger partial charge in [0, 0.05) is 39.3 Å². The molecule has 0 amide bonds. The highest BCUT2D eigenvalue weighted by molar-refractivity contribution is 5.10. The van der Waals surface area contributed by atoms with E-state index in [-0.39, 0.29) is 0 Å². The van der Waals surface area contributed by atoms with Crippen LogP contribution >= 0.6 is 0 Å². The number of alkyl halides is 3. The molecule has 6 nitrogen and oxygen atoms in total. The maximum atomic E-state index is 12.7. The van der Waals surface area contributed by atoms with Crippen LogP contribution in [0.4, 0.5) is 13.2 Å². The lowest BCUT2D eigenvalue weighted by atomic mass is 9.99. The first-order valence-electron chi connectivity index (χ1n) is 7.11. The van der Waals surface area contributed by atoms with Crippen LogP contribution in [0.1, 0.15) is 23.6 Å². The minimum absolute atomic E-state index is 0.295. The first kappa shape index (κ1) is 15.0. The third kappa shape index (κ3) is 3.13. The molecule has 3 heterocycles. The second-order valence-corrected chi connectivity index (χ2v) is 5.58. The molecule has 0 spiro atoms. The molecule has 0 saturated heterocycles. The molecule has 120 valence electrons. The van der Waals surface area contributed by atoms with E-state index in [9.17, 15) is 13.2 Å². The quantitative estimate of drug-likeness (QED) is 0.926. The van der Waals surface area contributed by atoms with Crippen molar-refractivity contribution in [1.29, 1.82) is 0 Å². The van der Waals surface area contributed by atoms with Crippen molar-refractivity contribution in [2.45, 2.75) is 32.1 Å². The number of aryl methyl sites for hydroxylation is 2. The third-order valence-electron chi connectivity index (χ3n) is 3.93. The summed E-state index contributed by atoms with van der Waals surface area (Å²) >= 11 is 0. The van der Waals surface area contributed by atoms with Gasteiger partial charge >= 0.3 is 6.18 Å². The first-order chi connectivity index (χ1) is 10.4. The average Bonchev–Trinajstić information content (AvgIpc) is 3.04. The van der Waals surface area contributed by atoms with Crippen molar-refractivity contribution >= 4 is 0 Å². The van der Waals surface area contributed by atoms with Crippen LogP contribution in [-0.4, -0.2) is 31.1 Å². The number of nitrogens with zero attached hydrogens (tertiary/aromatic N) is 5. The van der Waals surface area contributed by atoms with Crippen LogP contribution in [0.25, 0.3) is 0 Å². The molecule has 2 aromatic heterocycles. The van der Waals surface area contributed by atoms with Crippen LogP contribution in [0.15, 0.2) is 12.4 Å². The molecule has 1 unspecified atom stereocenters. The van der Waals surface area contributed by atoms with Gasteiger partial charge in [0.05, 0.1) is 11.9 Å². The standard InChI is InChI=1S/C13H17F3N6/c1-21-10(6-18-20-21)5-17-4-9-2-3-12-19-11(13(14,15)16)8-22(12)7-9/h6,8-9,17H,2-5,7H2,1H3. The van der Waals surface area contributed by atoms with Crippen molar-refractivity contribution in [3.63, 3.8) is 0 Å². The number of rotatable bonds is 4. The summed E-state index contributed by atoms with van der Waals surface area (Å²) in [6.45, 7) is 1.95. The molecule has 0 saturated carbocycles. The number of imidazole rings is 1. The second-order valence-electron chi connectivity index (χ2n) is 5.58. The Kier molecular flexibility index (Phi) is 3.90. The number of fused-ring (bicyclic) bond motifs is 1. The summed E-state index contributed by atoms with van der Waals surface area (Å²) in [7, 11) is 1.82. The Morgan fingerprint density at radius 1 is 1.41 bits per heavy atom. The maximum absolute atomic E-state index is 12.7. The summed E-state index contributed by atoms with van der Waals surface area (Å²) in [5, 5.41) is 11.0. The van der Waals surface area contributed by atoms with Gasteiger partial charge in [0.1, 0.15) is 5.82 Å². The van der Waals surface area contributed by atoms with Crippen molar-refractivity contribution in [1.82, 2.24) is 29.9 Å². The molecule has 0 fully saturated rings. The van der Waals surface area contributed by atoms with E-state index >= 15 is 0 Å². The van der Waals surface area contributed by atoms with Gasteiger partial charge < -0.3 is 9.88 Å². The zero-order valence-electron chi connectivity index (χ0n) is 12.1. The summed E-state index contributed by atoms with van der Waals surface area (Å²) in [6, 6.07) is 0. The van der Waals surface area contributed by atoms with Crippen LogP contribution in [0.5, 0.6) is 0 Å². The summed E-state index contributed by atoms with van der Waals surface area (Å²) in [6.07, 6.45) is -0.144. The summed E-state index contributed by atoms with van der Waals surface area (Å²) in [5.74, 6) is 0.823. The van der Waals surface area contributed by atoms with Gasteiger partial charge in [0.2, 0.25) is 0 Å². The van der Waals surface area contributed by atoms with Crippen LogP contribution in [0, 0.1) is 5.92 Å². The van der Waals surface area contributed by atoms with Crippen LogP contribution in [0.2, 0.25) is 0 Å². The van der Waals surface area contributed by atoms with E-state index in [0.29, 0.717) is 31.3 Å². The molecule has 3 rings (SSSR count). The van der Waals surface area contributed by atoms with Gasteiger partial charge in [-0.3, -0.25) is 4.68 Å². The van der Waals surface area contributed by atoms with E-state index in [1.165, 1.54) is 0 Å². The summed E-state index contributed by atoms with van der Waals surface area (Å²) < 4.78 is 41.3. The lowest BCUT2D eigenvalue weighted by Gasteiger charge is -2.23. The summed E-state index contributed by atoms with van der Waals surface area (Å²) in [5.41, 5.74) is 0.176. The zero-order valence-corrected chi connectivity index (χ0v) is 12.1. The fourth-order valence-electron chi connectivity index (χ4n) is 2.69. The van der Waals surface area contributed by atoms with Crippen molar-refractivity contribution in [3.8, 4) is 0 Å². The van der Waals surface area contributed by atoms with Crippen LogP contribution in [-0.2, 0) is 32.7 Å². The Morgan fingerprint density at radius 3 is 2.91 bits per heavy atom. The van der Waals surface area contributed by atoms with Crippen LogP contribution < -0.4 is 5.32 Å². The molecule has 2 aromatic rings. The Bertz CT molecular complexity index is 644. The lowest BCUT2D eigenvalue weighted by Crippen LogP contribution is -2.30. The monoisotopic (exact) mass is 314 g/mol. The van der Waals surface area contributed by atoms with Gasteiger partial charge in [-0.15, -0.1) is 5.10 Å². The van der Waals surface area contributed by atoms with Gasteiger partial charge in [-0.05, 0) is 12.3 Å². The highest BCUT2D eigenvalue weighted by atomic mass is 19.4. The van der Waals surface area contributed by atoms with E-state index in [1.807, 2.05) is 7.05 Å². The molecular weight excluding hydrogens is 297 g/mol. The Hall–Kier alpha value is -1.90. The Balaban J connectivity index is 1.55. The lowest BCUT2D eigenvalue weighted by molar-refractivity contribution is -0.141. The topological polar surface area (TPSA) is 60.6 Å². The molecule has 1 aliphatic heterocycles. The number of nitrogens with one attached hydrogen (secondary N) is 1. The SMILES string of the molecule is Cn1nncc1CNCC1CCc2nc(C(F)(F)F)cn2C1. The van der Waals surface area contributed by atoms with Crippen LogP contribution in [0.3, 0.4) is 0 Å². The van der Waals surface area contributed by atoms with E-state index < -0.39 is 11.9 Å². The Morgan fingerprint density at radius 2 is 2.23 bits per heavy atom. The average molecular weight is 314 g/mol. The Labute approximate surface area is 125 Å². The second kappa shape index (κ2) is 5.71. The predicted molar refractivity (Wildman–Crippen MR) is 71.7 cm³/mol. The minimum Gasteiger partial charge on any atom is -0.334 e. The first-order valence-corrected chi connectivity index (χ1v) is 7.11. The molecule has 0 aliphatic carbocycles. The number of aromatic nitrogens is 5. The molecule has 1 aliphatic rings. The molecule has 22 heavy (non-hydrogen) atoms. The molecule has 9 heteroatoms. The normalized spacial score (nSPS) is 18.5. The molecule has 1 N–H and O–H groups in total. The van der Waals surface area contributed by atoms with E-state index in [4.69, 9.17) is 0 Å². The van der Waals surface area contributed by atoms with Crippen molar-refractivity contribution in [2.24, 2.45) is 13.0 Å². The molecular formula is C13H17F3N6. The highest BCUT2D eigenvalue weighted by Gasteiger charge is 2.35. The number of hydrogen-bond donors (Lipinski definition) is 1. The highest BCUT2D eigenvalue weighted by Crippen LogP contribution is 2.30. The zero-order chi connectivity index (χ0) is 15.7. The van der Waals surface area contributed by atoms with Gasteiger partial charge in [0.15, 0.2) is 5.69 Å². The molecule has 0 bridgehead atoms. The minimum atomic E-state index is -4.37. The van der Waals surface area contributed by atoms with E-state index in [0.717, 1.165) is 24.9 Å². The molecule has 1 atom stereocenters. The van der Waals surface area contributed by atoms with E-state index in [2.05, 4.69) is 20.6 Å². The predicted octanol–water partition coefficient (Wildman–Crippen LogP) is 1.38. The largest absolute Gasteiger partial charge is 0.434 e. The molecule has 0 radical (unpaired) electrons. The van der Waals surface area contributed by atoms with Crippen molar-refractivity contribution < 1.29 is 13.2 Å². The smallest absolute Gasteiger partial charge is 0.334 e. The number of hydrogen-bond acceptors (Lipinski definition) is 4. The fourth-order valence-corrected chi connectivity index (χ4v) is 2.69. The van der Waals surface area contributed by atoms with E-state index in [1.54, 1.807) is 15.4 Å². The van der Waals surface area contributed by atoms with Gasteiger partial charge in [-0.25, -0.2) is 4.98 Å². The summed E-state index contributed by atoms with van der Waals surface area (Å²) in [4.78, 5) is 3.69.